The summed E-state index contributed by atoms with van der Waals surface area (Å²) in [5.74, 6) is -0.106. The quantitative estimate of drug-likeness (QED) is 0.483. The lowest BCUT2D eigenvalue weighted by Crippen LogP contribution is -2.52. The van der Waals surface area contributed by atoms with Gasteiger partial charge in [-0.1, -0.05) is 59.2 Å². The van der Waals surface area contributed by atoms with E-state index in [2.05, 4.69) is 11.5 Å². The molecule has 1 heterocycles. The Labute approximate surface area is 207 Å². The number of ether oxygens (including phenoxy) is 1. The number of amides is 1. The predicted molar refractivity (Wildman–Crippen MR) is 132 cm³/mol. The molecule has 1 atom stereocenters. The Morgan fingerprint density at radius 1 is 1.09 bits per heavy atom. The molecule has 1 amide bonds. The maximum absolute atomic E-state index is 13.0. The van der Waals surface area contributed by atoms with Crippen LogP contribution in [0.3, 0.4) is 0 Å². The van der Waals surface area contributed by atoms with Gasteiger partial charge in [-0.05, 0) is 42.8 Å². The van der Waals surface area contributed by atoms with Crippen molar-refractivity contribution >= 4 is 58.0 Å². The summed E-state index contributed by atoms with van der Waals surface area (Å²) in [5.41, 5.74) is 1.10. The number of hydrogen-bond acceptors (Lipinski definition) is 5. The van der Waals surface area contributed by atoms with Crippen molar-refractivity contribution in [3.8, 4) is 0 Å². The second kappa shape index (κ2) is 11.7. The number of carbonyl (C=O) groups is 1. The summed E-state index contributed by atoms with van der Waals surface area (Å²) in [5, 5.41) is 10.5. The zero-order valence-corrected chi connectivity index (χ0v) is 20.8. The molecule has 1 saturated heterocycles. The Bertz CT molecular complexity index is 981. The number of piperazine rings is 1. The maximum Gasteiger partial charge on any atom is 0.253 e. The maximum atomic E-state index is 13.0. The highest BCUT2D eigenvalue weighted by Crippen LogP contribution is 2.39. The summed E-state index contributed by atoms with van der Waals surface area (Å²) >= 11 is 20.2. The van der Waals surface area contributed by atoms with Crippen LogP contribution in [-0.4, -0.2) is 66.4 Å². The Kier molecular flexibility index (Phi) is 9.32. The third-order valence-corrected chi connectivity index (χ3v) is 7.45. The molecule has 172 valence electrons. The highest BCUT2D eigenvalue weighted by atomic mass is 35.5. The summed E-state index contributed by atoms with van der Waals surface area (Å²) in [6.07, 6.45) is -0.0967. The van der Waals surface area contributed by atoms with Gasteiger partial charge in [0.1, 0.15) is 6.23 Å². The van der Waals surface area contributed by atoms with Crippen LogP contribution < -0.4 is 0 Å². The highest BCUT2D eigenvalue weighted by Gasteiger charge is 2.26. The molecule has 1 unspecified atom stereocenters. The number of aliphatic hydroxyl groups is 1. The molecular formula is C23H25Cl3N2O3S. The molecule has 1 aliphatic rings. The molecule has 1 fully saturated rings. The Morgan fingerprint density at radius 3 is 2.31 bits per heavy atom. The largest absolute Gasteiger partial charge is 0.394 e. The molecule has 0 bridgehead atoms. The molecular weight excluding hydrogens is 491 g/mol. The molecule has 3 rings (SSSR count). The van der Waals surface area contributed by atoms with E-state index in [1.807, 2.05) is 25.1 Å². The van der Waals surface area contributed by atoms with Crippen molar-refractivity contribution in [2.45, 2.75) is 22.9 Å². The van der Waals surface area contributed by atoms with E-state index < -0.39 is 0 Å². The van der Waals surface area contributed by atoms with E-state index in [4.69, 9.17) is 44.6 Å². The second-order valence-corrected chi connectivity index (χ2v) is 9.66. The average Bonchev–Trinajstić information content (AvgIpc) is 2.79. The van der Waals surface area contributed by atoms with Gasteiger partial charge in [-0.15, -0.1) is 0 Å². The van der Waals surface area contributed by atoms with E-state index in [0.29, 0.717) is 59.0 Å². The van der Waals surface area contributed by atoms with Crippen molar-refractivity contribution in [2.75, 3.05) is 39.4 Å². The first-order valence-corrected chi connectivity index (χ1v) is 12.1. The number of carbonyl (C=O) groups excluding carboxylic acids is 1. The van der Waals surface area contributed by atoms with Gasteiger partial charge in [0.15, 0.2) is 0 Å². The number of rotatable bonds is 8. The van der Waals surface area contributed by atoms with E-state index in [-0.39, 0.29) is 18.7 Å². The van der Waals surface area contributed by atoms with E-state index >= 15 is 0 Å². The summed E-state index contributed by atoms with van der Waals surface area (Å²) in [4.78, 5) is 18.6. The summed E-state index contributed by atoms with van der Waals surface area (Å²) in [6, 6.07) is 10.8. The van der Waals surface area contributed by atoms with Gasteiger partial charge in [0.05, 0.1) is 23.3 Å². The van der Waals surface area contributed by atoms with E-state index in [0.717, 1.165) is 9.79 Å². The number of halogens is 3. The third-order valence-electron chi connectivity index (χ3n) is 5.22. The van der Waals surface area contributed by atoms with Gasteiger partial charge in [0.25, 0.3) is 5.91 Å². The molecule has 2 aromatic carbocycles. The minimum atomic E-state index is -0.106. The van der Waals surface area contributed by atoms with E-state index in [1.165, 1.54) is 11.8 Å². The minimum Gasteiger partial charge on any atom is -0.394 e. The van der Waals surface area contributed by atoms with Crippen molar-refractivity contribution < 1.29 is 14.6 Å². The van der Waals surface area contributed by atoms with E-state index in [9.17, 15) is 4.79 Å². The summed E-state index contributed by atoms with van der Waals surface area (Å²) < 4.78 is 5.55. The zero-order valence-electron chi connectivity index (χ0n) is 17.7. The Morgan fingerprint density at radius 2 is 1.72 bits per heavy atom. The monoisotopic (exact) mass is 514 g/mol. The fourth-order valence-corrected chi connectivity index (χ4v) is 5.02. The van der Waals surface area contributed by atoms with Gasteiger partial charge < -0.3 is 14.7 Å². The second-order valence-electron chi connectivity index (χ2n) is 7.32. The Hall–Kier alpha value is -1.25. The molecule has 0 aromatic heterocycles. The number of nitrogens with zero attached hydrogens (tertiary/aromatic N) is 2. The summed E-state index contributed by atoms with van der Waals surface area (Å²) in [6.45, 7) is 8.83. The van der Waals surface area contributed by atoms with Crippen LogP contribution in [0.1, 0.15) is 12.5 Å². The van der Waals surface area contributed by atoms with Crippen LogP contribution in [0, 0.1) is 0 Å². The topological polar surface area (TPSA) is 53.0 Å². The third kappa shape index (κ3) is 6.41. The van der Waals surface area contributed by atoms with Crippen LogP contribution in [0.25, 0.3) is 5.57 Å². The Balaban J connectivity index is 1.61. The first kappa shape index (κ1) is 25.4. The van der Waals surface area contributed by atoms with Crippen LogP contribution in [0.5, 0.6) is 0 Å². The van der Waals surface area contributed by atoms with Crippen LogP contribution in [0.15, 0.2) is 52.8 Å². The smallest absolute Gasteiger partial charge is 0.253 e. The number of benzene rings is 2. The van der Waals surface area contributed by atoms with Crippen LogP contribution >= 0.6 is 46.6 Å². The predicted octanol–water partition coefficient (Wildman–Crippen LogP) is 5.31. The van der Waals surface area contributed by atoms with Crippen LogP contribution in [0.4, 0.5) is 0 Å². The minimum absolute atomic E-state index is 0.00475. The van der Waals surface area contributed by atoms with Gasteiger partial charge in [0.2, 0.25) is 0 Å². The van der Waals surface area contributed by atoms with Crippen molar-refractivity contribution in [1.82, 2.24) is 9.80 Å². The van der Waals surface area contributed by atoms with Crippen LogP contribution in [-0.2, 0) is 9.53 Å². The van der Waals surface area contributed by atoms with Crippen molar-refractivity contribution in [1.29, 1.82) is 0 Å². The van der Waals surface area contributed by atoms with Gasteiger partial charge >= 0.3 is 0 Å². The molecule has 1 N–H and O–H groups in total. The van der Waals surface area contributed by atoms with Crippen molar-refractivity contribution in [3.63, 3.8) is 0 Å². The fourth-order valence-electron chi connectivity index (χ4n) is 3.38. The lowest BCUT2D eigenvalue weighted by molar-refractivity contribution is -0.130. The molecule has 1 aliphatic heterocycles. The van der Waals surface area contributed by atoms with Crippen molar-refractivity contribution in [3.05, 3.63) is 63.6 Å². The average molecular weight is 516 g/mol. The first-order chi connectivity index (χ1) is 15.3. The molecule has 32 heavy (non-hydrogen) atoms. The van der Waals surface area contributed by atoms with Gasteiger partial charge in [-0.25, -0.2) is 0 Å². The van der Waals surface area contributed by atoms with Gasteiger partial charge in [0, 0.05) is 46.6 Å². The fraction of sp³-hybridized carbons (Fsp3) is 0.348. The first-order valence-electron chi connectivity index (χ1n) is 10.2. The molecule has 0 radical (unpaired) electrons. The van der Waals surface area contributed by atoms with Crippen LogP contribution in [0.2, 0.25) is 15.1 Å². The van der Waals surface area contributed by atoms with Crippen molar-refractivity contribution in [2.24, 2.45) is 0 Å². The molecule has 9 heteroatoms. The lowest BCUT2D eigenvalue weighted by atomic mass is 10.1. The highest BCUT2D eigenvalue weighted by molar-refractivity contribution is 7.99. The van der Waals surface area contributed by atoms with Gasteiger partial charge in [-0.2, -0.15) is 0 Å². The van der Waals surface area contributed by atoms with Gasteiger partial charge in [-0.3, -0.25) is 9.69 Å². The molecule has 2 aromatic rings. The standard InChI is InChI=1S/C23H25Cl3N2O3S/c1-15(23(30)28-9-7-27(8-10-28)16(2)31-12-11-29)17-3-5-21(19(25)13-17)32-22-6-4-18(24)14-20(22)26/h3-6,13-14,16,29H,1,7-12H2,2H3. The molecule has 0 aliphatic carbocycles. The lowest BCUT2D eigenvalue weighted by Gasteiger charge is -2.38. The molecule has 0 spiro atoms. The normalized spacial score (nSPS) is 15.6. The summed E-state index contributed by atoms with van der Waals surface area (Å²) in [7, 11) is 0. The zero-order chi connectivity index (χ0) is 23.3. The molecule has 5 nitrogen and oxygen atoms in total. The van der Waals surface area contributed by atoms with E-state index in [1.54, 1.807) is 23.1 Å². The SMILES string of the molecule is C=C(C(=O)N1CCN(C(C)OCCO)CC1)c1ccc(Sc2ccc(Cl)cc2Cl)c(Cl)c1. The number of hydrogen-bond donors (Lipinski definition) is 1. The number of aliphatic hydroxyl groups excluding tert-OH is 1. The molecule has 0 saturated carbocycles.